The van der Waals surface area contributed by atoms with E-state index in [0.29, 0.717) is 18.1 Å². The maximum Gasteiger partial charge on any atom is 0.227 e. The second-order valence-electron chi connectivity index (χ2n) is 7.48. The molecule has 152 valence electrons. The van der Waals surface area contributed by atoms with Crippen molar-refractivity contribution < 1.29 is 4.74 Å². The number of H-pyrrole nitrogens is 1. The Bertz CT molecular complexity index is 1140. The maximum atomic E-state index is 5.29. The highest BCUT2D eigenvalue weighted by Gasteiger charge is 2.23. The molecule has 0 spiro atoms. The fraction of sp³-hybridized carbons (Fsp3) is 0.261. The molecule has 0 aliphatic carbocycles. The molecule has 0 fully saturated rings. The number of methoxy groups -OCH3 is 1. The number of aromatic amines is 1. The SMILES string of the molecule is COc1ccc(CN2CCCc3[nH]nc4nc(NCc5ccccc5)nc2c34)cc1. The van der Waals surface area contributed by atoms with Crippen molar-refractivity contribution in [2.24, 2.45) is 0 Å². The lowest BCUT2D eigenvalue weighted by Gasteiger charge is -2.23. The number of nitrogens with zero attached hydrogens (tertiary/aromatic N) is 4. The van der Waals surface area contributed by atoms with Crippen LogP contribution in [0.2, 0.25) is 0 Å². The lowest BCUT2D eigenvalue weighted by Crippen LogP contribution is -2.25. The zero-order valence-corrected chi connectivity index (χ0v) is 16.9. The van der Waals surface area contributed by atoms with Gasteiger partial charge in [-0.1, -0.05) is 42.5 Å². The van der Waals surface area contributed by atoms with Gasteiger partial charge in [0.1, 0.15) is 11.6 Å². The van der Waals surface area contributed by atoms with E-state index in [1.807, 2.05) is 30.3 Å². The topological polar surface area (TPSA) is 79.0 Å². The molecule has 3 heterocycles. The molecule has 0 unspecified atom stereocenters. The molecule has 1 aliphatic rings. The van der Waals surface area contributed by atoms with Gasteiger partial charge >= 0.3 is 0 Å². The maximum absolute atomic E-state index is 5.29. The van der Waals surface area contributed by atoms with Gasteiger partial charge in [0.25, 0.3) is 0 Å². The standard InChI is InChI=1S/C23H24N6O/c1-30-18-11-9-17(10-12-18)15-29-13-5-8-19-20-21(28-27-19)25-23(26-22(20)29)24-14-16-6-3-2-4-7-16/h2-4,6-7,9-12H,5,8,13-15H2,1H3,(H2,24,25,26,27,28). The number of rotatable bonds is 6. The van der Waals surface area contributed by atoms with Crippen LogP contribution in [0.1, 0.15) is 23.2 Å². The summed E-state index contributed by atoms with van der Waals surface area (Å²) >= 11 is 0. The Balaban J connectivity index is 1.46. The van der Waals surface area contributed by atoms with E-state index in [1.54, 1.807) is 7.11 Å². The molecule has 0 atom stereocenters. The van der Waals surface area contributed by atoms with E-state index < -0.39 is 0 Å². The number of anilines is 2. The molecule has 2 aromatic carbocycles. The smallest absolute Gasteiger partial charge is 0.227 e. The molecule has 2 N–H and O–H groups in total. The van der Waals surface area contributed by atoms with Crippen LogP contribution in [-0.4, -0.2) is 33.8 Å². The number of ether oxygens (including phenoxy) is 1. The Morgan fingerprint density at radius 3 is 2.67 bits per heavy atom. The third-order valence-corrected chi connectivity index (χ3v) is 5.45. The first-order chi connectivity index (χ1) is 14.8. The molecule has 0 radical (unpaired) electrons. The third kappa shape index (κ3) is 3.66. The number of hydrogen-bond acceptors (Lipinski definition) is 6. The summed E-state index contributed by atoms with van der Waals surface area (Å²) in [4.78, 5) is 11.9. The number of aromatic nitrogens is 4. The molecule has 0 bridgehead atoms. The molecule has 2 aromatic heterocycles. The summed E-state index contributed by atoms with van der Waals surface area (Å²) in [7, 11) is 1.69. The van der Waals surface area contributed by atoms with Crippen LogP contribution in [0.3, 0.4) is 0 Å². The minimum absolute atomic E-state index is 0.598. The second kappa shape index (κ2) is 8.02. The zero-order chi connectivity index (χ0) is 20.3. The van der Waals surface area contributed by atoms with Gasteiger partial charge in [0.15, 0.2) is 5.65 Å². The highest BCUT2D eigenvalue weighted by atomic mass is 16.5. The largest absolute Gasteiger partial charge is 0.497 e. The quantitative estimate of drug-likeness (QED) is 0.511. The average Bonchev–Trinajstić information content (AvgIpc) is 3.12. The molecule has 5 rings (SSSR count). The van der Waals surface area contributed by atoms with Crippen molar-refractivity contribution in [3.05, 3.63) is 71.4 Å². The van der Waals surface area contributed by atoms with Gasteiger partial charge in [-0.15, -0.1) is 0 Å². The predicted molar refractivity (Wildman–Crippen MR) is 118 cm³/mol. The minimum atomic E-state index is 0.598. The van der Waals surface area contributed by atoms with Crippen LogP contribution in [0.15, 0.2) is 54.6 Å². The van der Waals surface area contributed by atoms with Gasteiger partial charge in [0.05, 0.1) is 12.5 Å². The van der Waals surface area contributed by atoms with Crippen molar-refractivity contribution in [2.45, 2.75) is 25.9 Å². The summed E-state index contributed by atoms with van der Waals surface area (Å²) in [6.07, 6.45) is 1.99. The Kier molecular flexibility index (Phi) is 4.93. The lowest BCUT2D eigenvalue weighted by atomic mass is 10.2. The first kappa shape index (κ1) is 18.4. The minimum Gasteiger partial charge on any atom is -0.497 e. The Labute approximate surface area is 175 Å². The van der Waals surface area contributed by atoms with Gasteiger partial charge in [-0.05, 0) is 36.1 Å². The Hall–Kier alpha value is -3.61. The number of benzene rings is 2. The molecular weight excluding hydrogens is 376 g/mol. The van der Waals surface area contributed by atoms with Gasteiger partial charge in [-0.25, -0.2) is 0 Å². The molecule has 0 amide bonds. The van der Waals surface area contributed by atoms with E-state index in [4.69, 9.17) is 9.72 Å². The predicted octanol–water partition coefficient (Wildman–Crippen LogP) is 3.93. The highest BCUT2D eigenvalue weighted by Crippen LogP contribution is 2.32. The van der Waals surface area contributed by atoms with E-state index in [-0.39, 0.29) is 0 Å². The van der Waals surface area contributed by atoms with Gasteiger partial charge in [0, 0.05) is 25.3 Å². The van der Waals surface area contributed by atoms with Crippen LogP contribution in [0, 0.1) is 0 Å². The zero-order valence-electron chi connectivity index (χ0n) is 16.9. The fourth-order valence-electron chi connectivity index (χ4n) is 3.89. The molecule has 7 heteroatoms. The van der Waals surface area contributed by atoms with E-state index in [0.717, 1.165) is 48.6 Å². The number of nitrogens with one attached hydrogen (secondary N) is 2. The van der Waals surface area contributed by atoms with Gasteiger partial charge in [0.2, 0.25) is 5.95 Å². The lowest BCUT2D eigenvalue weighted by molar-refractivity contribution is 0.414. The van der Waals surface area contributed by atoms with Crippen LogP contribution in [0.4, 0.5) is 11.8 Å². The Morgan fingerprint density at radius 1 is 1.03 bits per heavy atom. The molecule has 30 heavy (non-hydrogen) atoms. The van der Waals surface area contributed by atoms with Crippen molar-refractivity contribution in [3.8, 4) is 5.75 Å². The molecule has 0 saturated carbocycles. The van der Waals surface area contributed by atoms with Crippen LogP contribution in [0.25, 0.3) is 11.0 Å². The summed E-state index contributed by atoms with van der Waals surface area (Å²) in [6, 6.07) is 18.5. The highest BCUT2D eigenvalue weighted by molar-refractivity contribution is 5.91. The first-order valence-corrected chi connectivity index (χ1v) is 10.2. The van der Waals surface area contributed by atoms with Crippen LogP contribution >= 0.6 is 0 Å². The number of aryl methyl sites for hydroxylation is 1. The average molecular weight is 400 g/mol. The van der Waals surface area contributed by atoms with Crippen LogP contribution in [0.5, 0.6) is 5.75 Å². The van der Waals surface area contributed by atoms with Crippen LogP contribution < -0.4 is 15.0 Å². The third-order valence-electron chi connectivity index (χ3n) is 5.45. The van der Waals surface area contributed by atoms with E-state index in [2.05, 4.69) is 49.7 Å². The van der Waals surface area contributed by atoms with Gasteiger partial charge in [-0.2, -0.15) is 15.1 Å². The van der Waals surface area contributed by atoms with Crippen molar-refractivity contribution >= 4 is 22.8 Å². The van der Waals surface area contributed by atoms with Crippen LogP contribution in [-0.2, 0) is 19.5 Å². The summed E-state index contributed by atoms with van der Waals surface area (Å²) < 4.78 is 5.29. The van der Waals surface area contributed by atoms with Gasteiger partial charge in [-0.3, -0.25) is 5.10 Å². The molecule has 0 saturated heterocycles. The van der Waals surface area contributed by atoms with Crippen molar-refractivity contribution in [2.75, 3.05) is 23.9 Å². The normalized spacial score (nSPS) is 13.3. The van der Waals surface area contributed by atoms with Crippen molar-refractivity contribution in [1.82, 2.24) is 20.2 Å². The molecule has 7 nitrogen and oxygen atoms in total. The second-order valence-corrected chi connectivity index (χ2v) is 7.48. The monoisotopic (exact) mass is 400 g/mol. The van der Waals surface area contributed by atoms with Crippen molar-refractivity contribution in [1.29, 1.82) is 0 Å². The van der Waals surface area contributed by atoms with Gasteiger partial charge < -0.3 is 15.0 Å². The Morgan fingerprint density at radius 2 is 1.87 bits per heavy atom. The van der Waals surface area contributed by atoms with E-state index in [1.165, 1.54) is 11.1 Å². The van der Waals surface area contributed by atoms with E-state index in [9.17, 15) is 0 Å². The summed E-state index contributed by atoms with van der Waals surface area (Å²) in [5.41, 5.74) is 4.23. The summed E-state index contributed by atoms with van der Waals surface area (Å²) in [5, 5.41) is 12.0. The molecule has 1 aliphatic heterocycles. The van der Waals surface area contributed by atoms with Crippen molar-refractivity contribution in [3.63, 3.8) is 0 Å². The summed E-state index contributed by atoms with van der Waals surface area (Å²) in [6.45, 7) is 2.37. The molecule has 4 aromatic rings. The first-order valence-electron chi connectivity index (χ1n) is 10.2. The molecular formula is C23H24N6O. The summed E-state index contributed by atoms with van der Waals surface area (Å²) in [5.74, 6) is 2.40. The van der Waals surface area contributed by atoms with E-state index >= 15 is 0 Å². The number of hydrogen-bond donors (Lipinski definition) is 2. The fourth-order valence-corrected chi connectivity index (χ4v) is 3.89.